The van der Waals surface area contributed by atoms with E-state index in [1.54, 1.807) is 6.92 Å². The van der Waals surface area contributed by atoms with Crippen molar-refractivity contribution in [1.29, 1.82) is 0 Å². The first-order valence-electron chi connectivity index (χ1n) is 12.2. The molecule has 2 aliphatic heterocycles. The number of rotatable bonds is 7. The number of ether oxygens (including phenoxy) is 2. The minimum atomic E-state index is -0.236. The first kappa shape index (κ1) is 24.4. The predicted molar refractivity (Wildman–Crippen MR) is 138 cm³/mol. The molecule has 2 aliphatic rings. The van der Waals surface area contributed by atoms with Gasteiger partial charge in [0, 0.05) is 49.2 Å². The molecule has 0 radical (unpaired) electrons. The summed E-state index contributed by atoms with van der Waals surface area (Å²) >= 11 is 1.51. The average Bonchev–Trinajstić information content (AvgIpc) is 3.35. The van der Waals surface area contributed by atoms with Gasteiger partial charge in [-0.3, -0.25) is 14.5 Å². The number of nitrogens with one attached hydrogen (secondary N) is 1. The predicted octanol–water partition coefficient (Wildman–Crippen LogP) is 3.55. The number of amides is 1. The Balaban J connectivity index is 1.15. The van der Waals surface area contributed by atoms with Crippen molar-refractivity contribution in [2.75, 3.05) is 33.0 Å². The van der Waals surface area contributed by atoms with Gasteiger partial charge in [0.2, 0.25) is 12.7 Å². The van der Waals surface area contributed by atoms with Crippen molar-refractivity contribution < 1.29 is 14.3 Å². The Kier molecular flexibility index (Phi) is 7.29. The summed E-state index contributed by atoms with van der Waals surface area (Å²) in [5.41, 5.74) is 3.14. The van der Waals surface area contributed by atoms with Crippen molar-refractivity contribution >= 4 is 17.7 Å². The number of fused-ring (bicyclic) bond motifs is 1. The highest BCUT2D eigenvalue weighted by Gasteiger charge is 2.24. The zero-order chi connectivity index (χ0) is 25.1. The van der Waals surface area contributed by atoms with Crippen molar-refractivity contribution in [2.24, 2.45) is 0 Å². The third-order valence-electron chi connectivity index (χ3n) is 6.65. The second-order valence-corrected chi connectivity index (χ2v) is 10.5. The number of aromatic amines is 1. The number of hydrogen-bond acceptors (Lipinski definition) is 7. The number of thioether (sulfide) groups is 1. The number of piperazine rings is 1. The second-order valence-electron chi connectivity index (χ2n) is 9.13. The fraction of sp³-hybridized carbons (Fsp3) is 0.370. The number of carbonyl (C=O) groups excluding carboxylic acids is 1. The fourth-order valence-electron chi connectivity index (χ4n) is 4.52. The van der Waals surface area contributed by atoms with Crippen LogP contribution >= 0.6 is 11.8 Å². The summed E-state index contributed by atoms with van der Waals surface area (Å²) < 4.78 is 10.9. The monoisotopic (exact) mass is 506 g/mol. The van der Waals surface area contributed by atoms with E-state index in [9.17, 15) is 9.59 Å². The highest BCUT2D eigenvalue weighted by Crippen LogP contribution is 2.33. The molecule has 0 bridgehead atoms. The summed E-state index contributed by atoms with van der Waals surface area (Å²) in [7, 11) is 0. The van der Waals surface area contributed by atoms with Crippen LogP contribution in [0.4, 0.5) is 0 Å². The molecule has 0 spiro atoms. The van der Waals surface area contributed by atoms with Gasteiger partial charge in [-0.1, -0.05) is 48.2 Å². The van der Waals surface area contributed by atoms with Gasteiger partial charge in [-0.15, -0.1) is 0 Å². The molecule has 8 nitrogen and oxygen atoms in total. The van der Waals surface area contributed by atoms with E-state index in [0.717, 1.165) is 36.7 Å². The molecule has 1 amide bonds. The van der Waals surface area contributed by atoms with Crippen LogP contribution in [0.2, 0.25) is 0 Å². The van der Waals surface area contributed by atoms with Gasteiger partial charge < -0.3 is 19.4 Å². The normalized spacial score (nSPS) is 16.2. The first-order chi connectivity index (χ1) is 17.5. The first-order valence-corrected chi connectivity index (χ1v) is 13.0. The maximum atomic E-state index is 13.0. The molecule has 2 aromatic carbocycles. The number of aromatic nitrogens is 2. The topological polar surface area (TPSA) is 87.8 Å². The third-order valence-corrected chi connectivity index (χ3v) is 7.70. The van der Waals surface area contributed by atoms with Crippen LogP contribution in [0.25, 0.3) is 0 Å². The van der Waals surface area contributed by atoms with E-state index in [1.165, 1.54) is 17.3 Å². The van der Waals surface area contributed by atoms with Crippen molar-refractivity contribution in [3.8, 4) is 11.5 Å². The molecule has 9 heteroatoms. The van der Waals surface area contributed by atoms with Gasteiger partial charge in [-0.2, -0.15) is 0 Å². The van der Waals surface area contributed by atoms with Crippen LogP contribution in [0.5, 0.6) is 11.5 Å². The van der Waals surface area contributed by atoms with E-state index in [1.807, 2.05) is 35.2 Å². The number of aryl methyl sites for hydroxylation is 1. The molecule has 5 rings (SSSR count). The lowest BCUT2D eigenvalue weighted by atomic mass is 10.1. The Bertz CT molecular complexity index is 1290. The lowest BCUT2D eigenvalue weighted by Gasteiger charge is -2.34. The Morgan fingerprint density at radius 1 is 1.08 bits per heavy atom. The van der Waals surface area contributed by atoms with E-state index in [2.05, 4.69) is 40.0 Å². The Labute approximate surface area is 214 Å². The van der Waals surface area contributed by atoms with Crippen LogP contribution in [0.3, 0.4) is 0 Å². The number of benzene rings is 2. The lowest BCUT2D eigenvalue weighted by Crippen LogP contribution is -2.49. The SMILES string of the molecule is Cc1nc(SC(C)c2ccccc2)[nH]c(=O)c1CC(=O)N1CCN(Cc2ccc3c(c2)OCO3)CC1. The molecule has 1 unspecified atom stereocenters. The number of carbonyl (C=O) groups is 1. The van der Waals surface area contributed by atoms with Gasteiger partial charge in [0.25, 0.3) is 5.56 Å². The van der Waals surface area contributed by atoms with Crippen LogP contribution in [-0.4, -0.2) is 58.6 Å². The van der Waals surface area contributed by atoms with Crippen LogP contribution in [0.15, 0.2) is 58.5 Å². The van der Waals surface area contributed by atoms with Gasteiger partial charge in [0.1, 0.15) is 0 Å². The molecule has 3 heterocycles. The van der Waals surface area contributed by atoms with Crippen LogP contribution in [0, 0.1) is 6.92 Å². The quantitative estimate of drug-likeness (QED) is 0.387. The third kappa shape index (κ3) is 5.57. The Morgan fingerprint density at radius 2 is 1.83 bits per heavy atom. The molecule has 1 saturated heterocycles. The zero-order valence-corrected chi connectivity index (χ0v) is 21.3. The van der Waals surface area contributed by atoms with E-state index in [-0.39, 0.29) is 29.9 Å². The maximum Gasteiger partial charge on any atom is 0.255 e. The average molecular weight is 507 g/mol. The summed E-state index contributed by atoms with van der Waals surface area (Å²) in [5, 5.41) is 0.720. The van der Waals surface area contributed by atoms with E-state index >= 15 is 0 Å². The Morgan fingerprint density at radius 3 is 2.58 bits per heavy atom. The van der Waals surface area contributed by atoms with Crippen LogP contribution < -0.4 is 15.0 Å². The van der Waals surface area contributed by atoms with Gasteiger partial charge in [-0.05, 0) is 37.1 Å². The molecule has 188 valence electrons. The maximum absolute atomic E-state index is 13.0. The molecular weight excluding hydrogens is 476 g/mol. The number of hydrogen-bond donors (Lipinski definition) is 1. The van der Waals surface area contributed by atoms with E-state index in [4.69, 9.17) is 9.47 Å². The minimum absolute atomic E-state index is 0.0359. The smallest absolute Gasteiger partial charge is 0.255 e. The summed E-state index contributed by atoms with van der Waals surface area (Å²) in [6.07, 6.45) is 0.0650. The van der Waals surface area contributed by atoms with Crippen molar-refractivity contribution in [3.63, 3.8) is 0 Å². The van der Waals surface area contributed by atoms with Crippen molar-refractivity contribution in [1.82, 2.24) is 19.8 Å². The molecule has 1 atom stereocenters. The Hall–Kier alpha value is -3.30. The van der Waals surface area contributed by atoms with Gasteiger partial charge in [-0.25, -0.2) is 4.98 Å². The molecule has 36 heavy (non-hydrogen) atoms. The summed E-state index contributed by atoms with van der Waals surface area (Å²) in [4.78, 5) is 37.5. The summed E-state index contributed by atoms with van der Waals surface area (Å²) in [5.74, 6) is 1.53. The number of H-pyrrole nitrogens is 1. The van der Waals surface area contributed by atoms with E-state index < -0.39 is 0 Å². The standard InChI is InChI=1S/C27H30N4O4S/c1-18-22(26(33)29-27(28-18)36-19(2)21-6-4-3-5-7-21)15-25(32)31-12-10-30(11-13-31)16-20-8-9-23-24(14-20)35-17-34-23/h3-9,14,19H,10-13,15-17H2,1-2H3,(H,28,29,33). The number of nitrogens with zero attached hydrogens (tertiary/aromatic N) is 3. The van der Waals surface area contributed by atoms with Crippen molar-refractivity contribution in [2.45, 2.75) is 37.2 Å². The molecule has 0 saturated carbocycles. The second kappa shape index (κ2) is 10.8. The van der Waals surface area contributed by atoms with Crippen LogP contribution in [-0.2, 0) is 17.8 Å². The molecule has 1 aromatic heterocycles. The van der Waals surface area contributed by atoms with Crippen molar-refractivity contribution in [3.05, 3.63) is 81.3 Å². The minimum Gasteiger partial charge on any atom is -0.454 e. The molecule has 1 fully saturated rings. The molecule has 0 aliphatic carbocycles. The molecular formula is C27H30N4O4S. The lowest BCUT2D eigenvalue weighted by molar-refractivity contribution is -0.132. The fourth-order valence-corrected chi connectivity index (χ4v) is 5.49. The van der Waals surface area contributed by atoms with Gasteiger partial charge in [0.05, 0.1) is 6.42 Å². The largest absolute Gasteiger partial charge is 0.454 e. The van der Waals surface area contributed by atoms with Gasteiger partial charge in [0.15, 0.2) is 16.7 Å². The highest BCUT2D eigenvalue weighted by atomic mass is 32.2. The van der Waals surface area contributed by atoms with Gasteiger partial charge >= 0.3 is 0 Å². The highest BCUT2D eigenvalue weighted by molar-refractivity contribution is 7.99. The summed E-state index contributed by atoms with van der Waals surface area (Å²) in [6.45, 7) is 7.78. The van der Waals surface area contributed by atoms with E-state index in [0.29, 0.717) is 29.5 Å². The van der Waals surface area contributed by atoms with Crippen LogP contribution in [0.1, 0.15) is 34.6 Å². The summed E-state index contributed by atoms with van der Waals surface area (Å²) in [6, 6.07) is 16.1. The molecule has 1 N–H and O–H groups in total. The molecule has 3 aromatic rings. The zero-order valence-electron chi connectivity index (χ0n) is 20.5.